The molecule has 3 N–H and O–H groups in total. The van der Waals surface area contributed by atoms with Crippen molar-refractivity contribution in [1.29, 1.82) is 0 Å². The average molecular weight is 1430 g/mol. The fraction of sp³-hybridized carbons (Fsp3) is 0.746. The minimum absolute atomic E-state index is 0.0150. The summed E-state index contributed by atoms with van der Waals surface area (Å²) in [7, 11) is 9.84. The molecule has 12 amide bonds. The molecule has 0 aromatic heterocycles. The van der Waals surface area contributed by atoms with E-state index in [-0.39, 0.29) is 88.6 Å². The van der Waals surface area contributed by atoms with E-state index in [1.54, 1.807) is 25.7 Å². The molecule has 1 aromatic carbocycles. The molecule has 1 spiro atoms. The summed E-state index contributed by atoms with van der Waals surface area (Å²) >= 11 is 6.15. The minimum Gasteiger partial charge on any atom is -0.377 e. The fourth-order valence-corrected chi connectivity index (χ4v) is 15.8. The summed E-state index contributed by atoms with van der Waals surface area (Å²) < 4.78 is 47.4. The maximum atomic E-state index is 15.5. The van der Waals surface area contributed by atoms with Crippen molar-refractivity contribution in [3.8, 4) is 0 Å². The Hall–Kier alpha value is -7.10. The van der Waals surface area contributed by atoms with Crippen LogP contribution < -0.4 is 16.0 Å². The van der Waals surface area contributed by atoms with Gasteiger partial charge in [-0.25, -0.2) is 0 Å². The second-order valence-electron chi connectivity index (χ2n) is 29.8. The van der Waals surface area contributed by atoms with Gasteiger partial charge in [-0.3, -0.25) is 57.5 Å². The molecule has 4 aliphatic heterocycles. The van der Waals surface area contributed by atoms with Crippen LogP contribution in [0.15, 0.2) is 18.2 Å². The summed E-state index contributed by atoms with van der Waals surface area (Å²) in [5, 5.41) is 8.10. The summed E-state index contributed by atoms with van der Waals surface area (Å²) in [6.45, 7) is 9.55. The van der Waals surface area contributed by atoms with Gasteiger partial charge in [0.05, 0.1) is 61.9 Å². The van der Waals surface area contributed by atoms with Crippen LogP contribution in [0.25, 0.3) is 0 Å². The van der Waals surface area contributed by atoms with Gasteiger partial charge in [0.2, 0.25) is 70.9 Å². The Morgan fingerprint density at radius 3 is 1.86 bits per heavy atom. The quantitative estimate of drug-likeness (QED) is 0.267. The number of carbonyl (C=O) groups is 12. The van der Waals surface area contributed by atoms with Gasteiger partial charge in [-0.05, 0) is 106 Å². The van der Waals surface area contributed by atoms with Crippen LogP contribution in [-0.4, -0.2) is 264 Å². The largest absolute Gasteiger partial charge is 0.417 e. The highest BCUT2D eigenvalue weighted by Crippen LogP contribution is 2.38. The molecule has 7 rings (SSSR count). The number of nitrogens with zero attached hydrogens (tertiary/aromatic N) is 9. The first-order chi connectivity index (χ1) is 47.0. The maximum absolute atomic E-state index is 15.5. The molecular weight excluding hydrogens is 1320 g/mol. The number of hydrogen-bond donors (Lipinski definition) is 3. The van der Waals surface area contributed by atoms with Crippen molar-refractivity contribution in [3.05, 3.63) is 34.3 Å². The topological polar surface area (TPSA) is 279 Å². The molecule has 29 heteroatoms. The standard InChI is InChI=1S/C71H108ClF3N12O13/c1-14-44(6)60-67(97)81(9)38-58(90)79(7)39-59(91)83(11)54(35-45-21-16-15-17-22-45)65(95)80(8)37-56(88)76-51(29-25-46-24-28-49(50(72)34-46)71(73,74)75)64(94)86-32-20-23-52(86)63(93)78-70(30-18-19-31-70)69(99)85(13)61(43(4)5)68(98)84(12)55(66(96)87-47-26-27-48(87)41-100-40-47)36-57(89)82(10)53(33-42(2)3)62(92)77-60/h24,28,34,42-45,47-48,51-55,60-61H,14-23,25-27,29-33,35-41H2,1-13H3,(H,76,88)(H,77,92)(H,78,93)/t44-,47?,48?,51-,52?,53-,54-,55-,60-,61-/m0/s1. The van der Waals surface area contributed by atoms with E-state index in [4.69, 9.17) is 16.3 Å². The number of hydrogen-bond acceptors (Lipinski definition) is 13. The molecule has 1 aromatic rings. The number of halogens is 4. The lowest BCUT2D eigenvalue weighted by Crippen LogP contribution is -2.65. The number of carbonyl (C=O) groups excluding carboxylic acids is 12. The molecule has 10 atom stereocenters. The number of ether oxygens (including phenoxy) is 1. The van der Waals surface area contributed by atoms with E-state index in [2.05, 4.69) is 16.0 Å². The predicted molar refractivity (Wildman–Crippen MR) is 366 cm³/mol. The Balaban J connectivity index is 1.28. The Labute approximate surface area is 591 Å². The maximum Gasteiger partial charge on any atom is 0.417 e. The predicted octanol–water partition coefficient (Wildman–Crippen LogP) is 4.88. The highest BCUT2D eigenvalue weighted by atomic mass is 35.5. The zero-order valence-electron chi connectivity index (χ0n) is 60.8. The van der Waals surface area contributed by atoms with E-state index >= 15 is 28.8 Å². The third-order valence-corrected chi connectivity index (χ3v) is 22.0. The van der Waals surface area contributed by atoms with Gasteiger partial charge in [-0.1, -0.05) is 111 Å². The monoisotopic (exact) mass is 1430 g/mol. The second kappa shape index (κ2) is 34.7. The summed E-state index contributed by atoms with van der Waals surface area (Å²) in [5.74, 6) is -9.29. The molecule has 2 bridgehead atoms. The van der Waals surface area contributed by atoms with Crippen molar-refractivity contribution in [2.75, 3.05) is 88.7 Å². The van der Waals surface area contributed by atoms with Gasteiger partial charge in [0.15, 0.2) is 0 Å². The van der Waals surface area contributed by atoms with E-state index in [1.807, 2.05) is 20.8 Å². The van der Waals surface area contributed by atoms with Gasteiger partial charge < -0.3 is 64.8 Å². The average Bonchev–Trinajstić information content (AvgIpc) is 1.53. The number of benzene rings is 1. The van der Waals surface area contributed by atoms with Crippen molar-refractivity contribution in [3.63, 3.8) is 0 Å². The summed E-state index contributed by atoms with van der Waals surface area (Å²) in [6.07, 6.45) is 2.36. The number of amides is 12. The van der Waals surface area contributed by atoms with Crippen LogP contribution in [0.1, 0.15) is 168 Å². The molecule has 25 nitrogen and oxygen atoms in total. The molecule has 4 saturated heterocycles. The lowest BCUT2D eigenvalue weighted by Gasteiger charge is -2.43. The van der Waals surface area contributed by atoms with Crippen LogP contribution in [0.4, 0.5) is 13.2 Å². The number of fused-ring (bicyclic) bond motifs is 3. The first kappa shape index (κ1) is 80.2. The van der Waals surface area contributed by atoms with Crippen LogP contribution in [0.2, 0.25) is 5.02 Å². The summed E-state index contributed by atoms with van der Waals surface area (Å²) in [6, 6.07) is -6.49. The number of aryl methyl sites for hydroxylation is 1. The number of rotatable bonds is 11. The zero-order chi connectivity index (χ0) is 74.0. The Kier molecular flexibility index (Phi) is 27.8. The van der Waals surface area contributed by atoms with Crippen LogP contribution in [0.5, 0.6) is 0 Å². The number of alkyl halides is 3. The lowest BCUT2D eigenvalue weighted by molar-refractivity contribution is -0.159. The zero-order valence-corrected chi connectivity index (χ0v) is 61.5. The third kappa shape index (κ3) is 19.1. The van der Waals surface area contributed by atoms with Gasteiger partial charge >= 0.3 is 6.18 Å². The smallest absolute Gasteiger partial charge is 0.377 e. The van der Waals surface area contributed by atoms with Crippen LogP contribution in [0.3, 0.4) is 0 Å². The van der Waals surface area contributed by atoms with Crippen molar-refractivity contribution in [2.24, 2.45) is 23.7 Å². The highest BCUT2D eigenvalue weighted by Gasteiger charge is 2.52. The van der Waals surface area contributed by atoms with Gasteiger partial charge in [-0.15, -0.1) is 0 Å². The van der Waals surface area contributed by atoms with Crippen molar-refractivity contribution >= 4 is 82.5 Å². The normalized spacial score (nSPS) is 27.8. The molecule has 6 aliphatic rings. The van der Waals surface area contributed by atoms with Crippen molar-refractivity contribution in [2.45, 2.75) is 230 Å². The van der Waals surface area contributed by atoms with Crippen molar-refractivity contribution in [1.82, 2.24) is 60.0 Å². The minimum atomic E-state index is -4.76. The van der Waals surface area contributed by atoms with E-state index in [1.165, 1.54) is 79.9 Å². The number of nitrogens with one attached hydrogen (secondary N) is 3. The van der Waals surface area contributed by atoms with Gasteiger partial charge in [0.1, 0.15) is 47.8 Å². The Morgan fingerprint density at radius 1 is 0.660 bits per heavy atom. The van der Waals surface area contributed by atoms with Crippen LogP contribution in [0, 0.1) is 23.7 Å². The van der Waals surface area contributed by atoms with E-state index in [0.717, 1.165) is 58.9 Å². The first-order valence-electron chi connectivity index (χ1n) is 35.8. The second-order valence-corrected chi connectivity index (χ2v) is 30.2. The molecule has 2 saturated carbocycles. The first-order valence-corrected chi connectivity index (χ1v) is 36.2. The lowest BCUT2D eigenvalue weighted by atomic mass is 9.84. The van der Waals surface area contributed by atoms with Crippen LogP contribution >= 0.6 is 11.6 Å². The summed E-state index contributed by atoms with van der Waals surface area (Å²) in [4.78, 5) is 190. The van der Waals surface area contributed by atoms with Gasteiger partial charge in [0, 0.05) is 55.9 Å². The molecule has 3 unspecified atom stereocenters. The van der Waals surface area contributed by atoms with E-state index < -0.39 is 173 Å². The van der Waals surface area contributed by atoms with E-state index in [0.29, 0.717) is 44.1 Å². The molecule has 558 valence electrons. The molecule has 0 radical (unpaired) electrons. The molecular formula is C71H108ClF3N12O13. The molecule has 4 heterocycles. The third-order valence-electron chi connectivity index (χ3n) is 21.7. The Bertz CT molecular complexity index is 3150. The highest BCUT2D eigenvalue weighted by molar-refractivity contribution is 6.31. The fourth-order valence-electron chi connectivity index (χ4n) is 15.4. The summed E-state index contributed by atoms with van der Waals surface area (Å²) in [5.41, 5.74) is -2.38. The number of morpholine rings is 1. The molecule has 2 aliphatic carbocycles. The van der Waals surface area contributed by atoms with Gasteiger partial charge in [0.25, 0.3) is 0 Å². The molecule has 100 heavy (non-hydrogen) atoms. The SMILES string of the molecule is CC[C@H](C)[C@@H]1NC(=O)[C@H](CC(C)C)N(C)C(=O)C[C@@H](C(=O)N2C3CCC2COC3)N(C)C(=O)[C@H](C(C)C)N(C)C(=O)C2(CCCC2)NC(=O)C2CCCN2C(=O)[C@H](CCc2ccc(C(F)(F)F)c(Cl)c2)NC(=O)CN(C)C(=O)[C@H](CC2CCCCC2)N(C)C(=O)CN(C)C(=O)CN(C)C1=O. The van der Waals surface area contributed by atoms with Crippen LogP contribution in [-0.2, 0) is 74.9 Å². The van der Waals surface area contributed by atoms with Gasteiger partial charge in [-0.2, -0.15) is 13.2 Å². The molecule has 6 fully saturated rings. The van der Waals surface area contributed by atoms with Crippen molar-refractivity contribution < 1.29 is 75.4 Å². The Morgan fingerprint density at radius 2 is 1.27 bits per heavy atom. The van der Waals surface area contributed by atoms with E-state index in [9.17, 15) is 41.9 Å². The number of likely N-dealkylation sites (N-methyl/N-ethyl adjacent to an activating group) is 7.